The quantitative estimate of drug-likeness (QED) is 0.564. The van der Waals surface area contributed by atoms with Crippen LogP contribution in [0, 0.1) is 13.8 Å². The van der Waals surface area contributed by atoms with Crippen LogP contribution >= 0.6 is 0 Å². The molecule has 0 saturated carbocycles. The summed E-state index contributed by atoms with van der Waals surface area (Å²) in [6.07, 6.45) is 2.04. The van der Waals surface area contributed by atoms with Gasteiger partial charge in [-0.25, -0.2) is 4.98 Å². The maximum absolute atomic E-state index is 12.1. The normalized spacial score (nSPS) is 11.7. The Morgan fingerprint density at radius 2 is 1.87 bits per heavy atom. The van der Waals surface area contributed by atoms with Crippen molar-refractivity contribution in [1.82, 2.24) is 10.3 Å². The minimum atomic E-state index is -0.469. The second-order valence-corrected chi connectivity index (χ2v) is 7.28. The molecule has 0 radical (unpaired) electrons. The summed E-state index contributed by atoms with van der Waals surface area (Å²) >= 11 is 0. The van der Waals surface area contributed by atoms with E-state index in [1.165, 1.54) is 11.1 Å². The van der Waals surface area contributed by atoms with E-state index in [9.17, 15) is 9.59 Å². The molecule has 6 nitrogen and oxygen atoms in total. The van der Waals surface area contributed by atoms with Gasteiger partial charge in [-0.1, -0.05) is 48.5 Å². The SMILES string of the molecule is Cc1ccc(C(C)NC(=O)COC(=O)CCc2ncc(-c3ccccc3)o2)cc1C. The maximum Gasteiger partial charge on any atom is 0.306 e. The van der Waals surface area contributed by atoms with Gasteiger partial charge in [0.1, 0.15) is 0 Å². The van der Waals surface area contributed by atoms with Crippen LogP contribution in [0.1, 0.15) is 42.0 Å². The van der Waals surface area contributed by atoms with E-state index in [4.69, 9.17) is 9.15 Å². The van der Waals surface area contributed by atoms with Crippen molar-refractivity contribution in [2.24, 2.45) is 0 Å². The summed E-state index contributed by atoms with van der Waals surface area (Å²) in [7, 11) is 0. The fraction of sp³-hybridized carbons (Fsp3) is 0.292. The van der Waals surface area contributed by atoms with E-state index in [-0.39, 0.29) is 25.0 Å². The molecule has 0 fully saturated rings. The lowest BCUT2D eigenvalue weighted by Gasteiger charge is -2.15. The largest absolute Gasteiger partial charge is 0.456 e. The average molecular weight is 406 g/mol. The Hall–Kier alpha value is -3.41. The number of rotatable bonds is 8. The molecule has 0 aliphatic rings. The lowest BCUT2D eigenvalue weighted by molar-refractivity contribution is -0.148. The fourth-order valence-electron chi connectivity index (χ4n) is 2.99. The molecule has 156 valence electrons. The lowest BCUT2D eigenvalue weighted by atomic mass is 10.0. The minimum absolute atomic E-state index is 0.0920. The summed E-state index contributed by atoms with van der Waals surface area (Å²) in [6, 6.07) is 15.5. The molecule has 6 heteroatoms. The molecule has 0 bridgehead atoms. The fourth-order valence-corrected chi connectivity index (χ4v) is 2.99. The molecule has 1 unspecified atom stereocenters. The van der Waals surface area contributed by atoms with E-state index >= 15 is 0 Å². The first kappa shape index (κ1) is 21.3. The smallest absolute Gasteiger partial charge is 0.306 e. The molecule has 3 aromatic rings. The van der Waals surface area contributed by atoms with E-state index in [2.05, 4.69) is 10.3 Å². The van der Waals surface area contributed by atoms with Gasteiger partial charge in [0.15, 0.2) is 18.3 Å². The molecule has 0 saturated heterocycles. The van der Waals surface area contributed by atoms with Gasteiger partial charge < -0.3 is 14.5 Å². The number of esters is 1. The van der Waals surface area contributed by atoms with Gasteiger partial charge in [0.2, 0.25) is 0 Å². The summed E-state index contributed by atoms with van der Waals surface area (Å²) in [6.45, 7) is 5.67. The van der Waals surface area contributed by atoms with Crippen molar-refractivity contribution < 1.29 is 18.7 Å². The van der Waals surface area contributed by atoms with E-state index < -0.39 is 5.97 Å². The van der Waals surface area contributed by atoms with E-state index in [1.54, 1.807) is 6.20 Å². The molecular formula is C24H26N2O4. The summed E-state index contributed by atoms with van der Waals surface area (Å²) in [5.74, 6) is 0.303. The van der Waals surface area contributed by atoms with Gasteiger partial charge in [0.25, 0.3) is 5.91 Å². The number of oxazole rings is 1. The number of aryl methyl sites for hydroxylation is 3. The second-order valence-electron chi connectivity index (χ2n) is 7.28. The average Bonchev–Trinajstić information content (AvgIpc) is 3.22. The van der Waals surface area contributed by atoms with Crippen LogP contribution in [0.2, 0.25) is 0 Å². The van der Waals surface area contributed by atoms with Crippen molar-refractivity contribution in [3.8, 4) is 11.3 Å². The third kappa shape index (κ3) is 5.80. The zero-order chi connectivity index (χ0) is 21.5. The zero-order valence-electron chi connectivity index (χ0n) is 17.5. The monoisotopic (exact) mass is 406 g/mol. The Morgan fingerprint density at radius 1 is 1.10 bits per heavy atom. The number of nitrogens with zero attached hydrogens (tertiary/aromatic N) is 1. The number of ether oxygens (including phenoxy) is 1. The Kier molecular flexibility index (Phi) is 7.01. The van der Waals surface area contributed by atoms with Crippen molar-refractivity contribution in [3.63, 3.8) is 0 Å². The topological polar surface area (TPSA) is 81.4 Å². The summed E-state index contributed by atoms with van der Waals surface area (Å²) < 4.78 is 10.7. The van der Waals surface area contributed by atoms with Crippen molar-refractivity contribution in [1.29, 1.82) is 0 Å². The summed E-state index contributed by atoms with van der Waals surface area (Å²) in [4.78, 5) is 28.3. The minimum Gasteiger partial charge on any atom is -0.456 e. The Labute approximate surface area is 176 Å². The lowest BCUT2D eigenvalue weighted by Crippen LogP contribution is -2.31. The number of carbonyl (C=O) groups excluding carboxylic acids is 2. The van der Waals surface area contributed by atoms with E-state index in [0.717, 1.165) is 11.1 Å². The molecule has 1 N–H and O–H groups in total. The van der Waals surface area contributed by atoms with Crippen LogP contribution in [0.15, 0.2) is 59.1 Å². The number of amides is 1. The molecule has 3 rings (SSSR count). The van der Waals surface area contributed by atoms with Crippen LogP contribution in [-0.2, 0) is 20.7 Å². The van der Waals surface area contributed by atoms with Crippen LogP contribution in [0.4, 0.5) is 0 Å². The Morgan fingerprint density at radius 3 is 2.60 bits per heavy atom. The van der Waals surface area contributed by atoms with Crippen LogP contribution in [-0.4, -0.2) is 23.5 Å². The molecule has 1 amide bonds. The van der Waals surface area contributed by atoms with Crippen LogP contribution in [0.5, 0.6) is 0 Å². The highest BCUT2D eigenvalue weighted by Crippen LogP contribution is 2.20. The first-order valence-electron chi connectivity index (χ1n) is 9.94. The standard InChI is InChI=1S/C24H26N2O4/c1-16-9-10-20(13-17(16)2)18(3)26-22(27)15-29-24(28)12-11-23-25-14-21(30-23)19-7-5-4-6-8-19/h4-10,13-14,18H,11-12,15H2,1-3H3,(H,26,27). The number of benzene rings is 2. The van der Waals surface area contributed by atoms with Crippen molar-refractivity contribution in [3.05, 3.63) is 77.3 Å². The van der Waals surface area contributed by atoms with Gasteiger partial charge in [-0.2, -0.15) is 0 Å². The number of hydrogen-bond donors (Lipinski definition) is 1. The molecule has 1 aromatic heterocycles. The highest BCUT2D eigenvalue weighted by Gasteiger charge is 2.14. The molecule has 1 heterocycles. The number of carbonyl (C=O) groups is 2. The van der Waals surface area contributed by atoms with Gasteiger partial charge in [0.05, 0.1) is 18.7 Å². The second kappa shape index (κ2) is 9.87. The summed E-state index contributed by atoms with van der Waals surface area (Å²) in [5.41, 5.74) is 4.31. The van der Waals surface area contributed by atoms with Gasteiger partial charge in [-0.05, 0) is 37.5 Å². The highest BCUT2D eigenvalue weighted by molar-refractivity contribution is 5.80. The maximum atomic E-state index is 12.1. The molecule has 2 aromatic carbocycles. The van der Waals surface area contributed by atoms with Crippen LogP contribution in [0.3, 0.4) is 0 Å². The predicted octanol–water partition coefficient (Wildman–Crippen LogP) is 4.31. The summed E-state index contributed by atoms with van der Waals surface area (Å²) in [5, 5.41) is 2.85. The molecular weight excluding hydrogens is 380 g/mol. The molecule has 30 heavy (non-hydrogen) atoms. The molecule has 0 aliphatic carbocycles. The third-order valence-electron chi connectivity index (χ3n) is 4.93. The van der Waals surface area contributed by atoms with E-state index in [1.807, 2.05) is 69.3 Å². The molecule has 0 aliphatic heterocycles. The van der Waals surface area contributed by atoms with Crippen molar-refractivity contribution in [2.75, 3.05) is 6.61 Å². The van der Waals surface area contributed by atoms with Gasteiger partial charge in [0, 0.05) is 12.0 Å². The van der Waals surface area contributed by atoms with Gasteiger partial charge in [-0.15, -0.1) is 0 Å². The Bertz CT molecular complexity index is 1010. The number of nitrogens with one attached hydrogen (secondary N) is 1. The van der Waals surface area contributed by atoms with Crippen LogP contribution < -0.4 is 5.32 Å². The van der Waals surface area contributed by atoms with Crippen LogP contribution in [0.25, 0.3) is 11.3 Å². The predicted molar refractivity (Wildman–Crippen MR) is 114 cm³/mol. The zero-order valence-corrected chi connectivity index (χ0v) is 17.5. The van der Waals surface area contributed by atoms with Gasteiger partial charge in [-0.3, -0.25) is 9.59 Å². The van der Waals surface area contributed by atoms with Crippen molar-refractivity contribution >= 4 is 11.9 Å². The highest BCUT2D eigenvalue weighted by atomic mass is 16.5. The third-order valence-corrected chi connectivity index (χ3v) is 4.93. The molecule has 0 spiro atoms. The van der Waals surface area contributed by atoms with E-state index in [0.29, 0.717) is 18.1 Å². The number of aromatic nitrogens is 1. The first-order chi connectivity index (χ1) is 14.4. The Balaban J connectivity index is 1.41. The first-order valence-corrected chi connectivity index (χ1v) is 9.94. The number of hydrogen-bond acceptors (Lipinski definition) is 5. The van der Waals surface area contributed by atoms with Gasteiger partial charge >= 0.3 is 5.97 Å². The molecule has 1 atom stereocenters. The van der Waals surface area contributed by atoms with Crippen molar-refractivity contribution in [2.45, 2.75) is 39.7 Å².